The van der Waals surface area contributed by atoms with Gasteiger partial charge in [0.15, 0.2) is 0 Å². The number of hydrogen-bond donors (Lipinski definition) is 4. The number of benzene rings is 3. The van der Waals surface area contributed by atoms with Crippen LogP contribution in [0.1, 0.15) is 21.5 Å². The molecule has 240 valence electrons. The minimum Gasteiger partial charge on any atom is -0.473 e. The summed E-state index contributed by atoms with van der Waals surface area (Å²) in [6, 6.07) is 22.2. The molecular formula is C33H35N5O8. The lowest BCUT2D eigenvalue weighted by atomic mass is 9.99. The standard InChI is InChI=1S/C31H33N5O4.C2H2O4/c1-34-15-17-36(18-16-34)20-27(37)35(2)24-12-10-23(11-13-24)32-29(21-7-5-4-6-8-21)28-25-14-9-22(31(39)40-3)19-26(25)33-30(28)38;3-1(4)2(5)6/h4-14,19,32H,15-18,20H2,1-3H3,(H,33,38);(H,3,4)(H,5,6)/b29-28-;. The second kappa shape index (κ2) is 15.0. The van der Waals surface area contributed by atoms with Crippen molar-refractivity contribution < 1.29 is 38.9 Å². The van der Waals surface area contributed by atoms with Crippen molar-refractivity contribution in [3.63, 3.8) is 0 Å². The molecule has 1 saturated heterocycles. The Morgan fingerprint density at radius 3 is 2.11 bits per heavy atom. The average molecular weight is 630 g/mol. The molecule has 3 aromatic rings. The van der Waals surface area contributed by atoms with Gasteiger partial charge in [0.25, 0.3) is 5.91 Å². The molecule has 5 rings (SSSR count). The van der Waals surface area contributed by atoms with Gasteiger partial charge in [-0.1, -0.05) is 36.4 Å². The number of carboxylic acids is 2. The molecule has 0 saturated carbocycles. The minimum atomic E-state index is -1.82. The van der Waals surface area contributed by atoms with E-state index in [2.05, 4.69) is 27.5 Å². The number of rotatable bonds is 7. The molecule has 0 aliphatic carbocycles. The van der Waals surface area contributed by atoms with Gasteiger partial charge in [0.2, 0.25) is 5.91 Å². The van der Waals surface area contributed by atoms with E-state index in [4.69, 9.17) is 24.5 Å². The third kappa shape index (κ3) is 8.14. The van der Waals surface area contributed by atoms with Gasteiger partial charge >= 0.3 is 17.9 Å². The van der Waals surface area contributed by atoms with Crippen LogP contribution in [0.4, 0.5) is 17.1 Å². The molecule has 2 aliphatic rings. The maximum Gasteiger partial charge on any atom is 0.414 e. The molecule has 4 N–H and O–H groups in total. The van der Waals surface area contributed by atoms with Crippen LogP contribution in [0.5, 0.6) is 0 Å². The van der Waals surface area contributed by atoms with Crippen LogP contribution in [-0.2, 0) is 23.9 Å². The van der Waals surface area contributed by atoms with Crippen molar-refractivity contribution in [1.29, 1.82) is 0 Å². The number of aliphatic carboxylic acids is 2. The predicted molar refractivity (Wildman–Crippen MR) is 172 cm³/mol. The molecule has 46 heavy (non-hydrogen) atoms. The molecule has 0 unspecified atom stereocenters. The van der Waals surface area contributed by atoms with Crippen molar-refractivity contribution in [3.8, 4) is 0 Å². The molecule has 13 nitrogen and oxygen atoms in total. The van der Waals surface area contributed by atoms with Crippen molar-refractivity contribution in [2.75, 3.05) is 69.5 Å². The number of amides is 2. The van der Waals surface area contributed by atoms with Crippen LogP contribution >= 0.6 is 0 Å². The molecule has 3 aromatic carbocycles. The highest BCUT2D eigenvalue weighted by Crippen LogP contribution is 2.38. The summed E-state index contributed by atoms with van der Waals surface area (Å²) < 4.78 is 4.82. The van der Waals surface area contributed by atoms with Crippen molar-refractivity contribution in [1.82, 2.24) is 9.80 Å². The third-order valence-electron chi connectivity index (χ3n) is 7.53. The molecule has 0 bridgehead atoms. The second-order valence-corrected chi connectivity index (χ2v) is 10.6. The number of esters is 1. The number of carboxylic acid groups (broad SMARTS) is 2. The van der Waals surface area contributed by atoms with E-state index in [0.29, 0.717) is 34.6 Å². The van der Waals surface area contributed by atoms with Gasteiger partial charge in [-0.05, 0) is 49.0 Å². The van der Waals surface area contributed by atoms with Crippen LogP contribution < -0.4 is 15.5 Å². The Balaban J connectivity index is 0.000000731. The summed E-state index contributed by atoms with van der Waals surface area (Å²) in [6.07, 6.45) is 0. The van der Waals surface area contributed by atoms with Crippen LogP contribution in [0.2, 0.25) is 0 Å². The second-order valence-electron chi connectivity index (χ2n) is 10.6. The van der Waals surface area contributed by atoms with E-state index >= 15 is 0 Å². The van der Waals surface area contributed by atoms with E-state index in [-0.39, 0.29) is 11.8 Å². The Bertz CT molecular complexity index is 1640. The van der Waals surface area contributed by atoms with Crippen LogP contribution in [0.15, 0.2) is 72.8 Å². The topological polar surface area (TPSA) is 169 Å². The highest BCUT2D eigenvalue weighted by molar-refractivity contribution is 6.37. The molecular weight excluding hydrogens is 594 g/mol. The first-order valence-corrected chi connectivity index (χ1v) is 14.3. The number of anilines is 3. The van der Waals surface area contributed by atoms with Crippen molar-refractivity contribution in [2.45, 2.75) is 0 Å². The van der Waals surface area contributed by atoms with E-state index in [1.54, 1.807) is 30.1 Å². The number of likely N-dealkylation sites (N-methyl/N-ethyl adjacent to an activating group) is 2. The van der Waals surface area contributed by atoms with E-state index in [1.165, 1.54) is 7.11 Å². The zero-order valence-corrected chi connectivity index (χ0v) is 25.6. The summed E-state index contributed by atoms with van der Waals surface area (Å²) in [7, 11) is 5.21. The van der Waals surface area contributed by atoms with Crippen LogP contribution in [0.3, 0.4) is 0 Å². The smallest absolute Gasteiger partial charge is 0.414 e. The molecule has 2 amide bonds. The number of nitrogens with zero attached hydrogens (tertiary/aromatic N) is 3. The van der Waals surface area contributed by atoms with E-state index < -0.39 is 17.9 Å². The molecule has 2 aliphatic heterocycles. The van der Waals surface area contributed by atoms with E-state index in [1.807, 2.05) is 54.6 Å². The normalized spacial score (nSPS) is 15.4. The first-order chi connectivity index (χ1) is 22.0. The van der Waals surface area contributed by atoms with Gasteiger partial charge in [0, 0.05) is 50.2 Å². The highest BCUT2D eigenvalue weighted by atomic mass is 16.5. The van der Waals surface area contributed by atoms with E-state index in [9.17, 15) is 14.4 Å². The van der Waals surface area contributed by atoms with Crippen LogP contribution in [0.25, 0.3) is 11.3 Å². The van der Waals surface area contributed by atoms with Gasteiger partial charge in [0.05, 0.1) is 36.2 Å². The predicted octanol–water partition coefficient (Wildman–Crippen LogP) is 2.77. The molecule has 0 radical (unpaired) electrons. The van der Waals surface area contributed by atoms with Crippen LogP contribution in [0, 0.1) is 0 Å². The van der Waals surface area contributed by atoms with Gasteiger partial charge in [-0.15, -0.1) is 0 Å². The number of carbonyl (C=O) groups is 5. The molecule has 13 heteroatoms. The maximum atomic E-state index is 13.2. The fraction of sp³-hybridized carbons (Fsp3) is 0.242. The largest absolute Gasteiger partial charge is 0.473 e. The number of carbonyl (C=O) groups excluding carboxylic acids is 3. The quantitative estimate of drug-likeness (QED) is 0.172. The Morgan fingerprint density at radius 1 is 0.891 bits per heavy atom. The maximum absolute atomic E-state index is 13.2. The molecule has 0 aromatic heterocycles. The number of piperazine rings is 1. The van der Waals surface area contributed by atoms with Crippen molar-refractivity contribution in [2.24, 2.45) is 0 Å². The zero-order valence-electron chi connectivity index (χ0n) is 25.6. The monoisotopic (exact) mass is 629 g/mol. The van der Waals surface area contributed by atoms with Crippen molar-refractivity contribution in [3.05, 3.63) is 89.5 Å². The van der Waals surface area contributed by atoms with Gasteiger partial charge in [0.1, 0.15) is 0 Å². The Morgan fingerprint density at radius 2 is 1.52 bits per heavy atom. The Labute approximate surface area is 265 Å². The lowest BCUT2D eigenvalue weighted by Crippen LogP contribution is -2.48. The fourth-order valence-corrected chi connectivity index (χ4v) is 4.91. The average Bonchev–Trinajstić information content (AvgIpc) is 3.39. The summed E-state index contributed by atoms with van der Waals surface area (Å²) in [4.78, 5) is 62.5. The van der Waals surface area contributed by atoms with Gasteiger partial charge < -0.3 is 35.4 Å². The van der Waals surface area contributed by atoms with Gasteiger partial charge in [-0.3, -0.25) is 14.5 Å². The van der Waals surface area contributed by atoms with Crippen molar-refractivity contribution >= 4 is 58.1 Å². The molecule has 0 atom stereocenters. The third-order valence-corrected chi connectivity index (χ3v) is 7.53. The summed E-state index contributed by atoms with van der Waals surface area (Å²) in [6.45, 7) is 4.09. The number of ether oxygens (including phenoxy) is 1. The number of hydrogen-bond acceptors (Lipinski definition) is 9. The zero-order chi connectivity index (χ0) is 33.4. The molecule has 0 spiro atoms. The minimum absolute atomic E-state index is 0.0444. The lowest BCUT2D eigenvalue weighted by Gasteiger charge is -2.32. The SMILES string of the molecule is COC(=O)c1ccc2c(c1)NC(=O)/C2=C(\Nc1ccc(N(C)C(=O)CN2CCN(C)CC2)cc1)c1ccccc1.O=C(O)C(=O)O. The summed E-state index contributed by atoms with van der Waals surface area (Å²) in [5.41, 5.74) is 5.10. The number of nitrogens with one attached hydrogen (secondary N) is 2. The van der Waals surface area contributed by atoms with Gasteiger partial charge in [-0.2, -0.15) is 0 Å². The number of fused-ring (bicyclic) bond motifs is 1. The number of methoxy groups -OCH3 is 1. The first kappa shape index (κ1) is 33.4. The lowest BCUT2D eigenvalue weighted by molar-refractivity contribution is -0.159. The van der Waals surface area contributed by atoms with E-state index in [0.717, 1.165) is 43.1 Å². The Hall–Kier alpha value is -5.53. The van der Waals surface area contributed by atoms with Crippen LogP contribution in [-0.4, -0.2) is 104 Å². The molecule has 1 fully saturated rings. The first-order valence-electron chi connectivity index (χ1n) is 14.3. The summed E-state index contributed by atoms with van der Waals surface area (Å²) in [5, 5.41) is 21.1. The summed E-state index contributed by atoms with van der Waals surface area (Å²) >= 11 is 0. The summed E-state index contributed by atoms with van der Waals surface area (Å²) in [5.74, 6) is -4.34. The highest BCUT2D eigenvalue weighted by Gasteiger charge is 2.29. The Kier molecular flexibility index (Phi) is 10.9. The fourth-order valence-electron chi connectivity index (χ4n) is 4.91. The molecule has 2 heterocycles. The van der Waals surface area contributed by atoms with Gasteiger partial charge in [-0.25, -0.2) is 14.4 Å².